The van der Waals surface area contributed by atoms with Crippen molar-refractivity contribution in [1.29, 1.82) is 0 Å². The molecule has 0 spiro atoms. The van der Waals surface area contributed by atoms with E-state index in [-0.39, 0.29) is 14.5 Å². The Morgan fingerprint density at radius 3 is 1.76 bits per heavy atom. The summed E-state index contributed by atoms with van der Waals surface area (Å²) in [5, 5.41) is 3.88. The van der Waals surface area contributed by atoms with E-state index in [1.165, 1.54) is 24.8 Å². The van der Waals surface area contributed by atoms with Gasteiger partial charge in [-0.3, -0.25) is 0 Å². The van der Waals surface area contributed by atoms with Crippen molar-refractivity contribution in [2.45, 2.75) is 0 Å². The van der Waals surface area contributed by atoms with Gasteiger partial charge in [0.15, 0.2) is 0 Å². The Hall–Kier alpha value is -4.05. The first-order valence-electron chi connectivity index (χ1n) is 11.1. The van der Waals surface area contributed by atoms with Crippen molar-refractivity contribution >= 4 is 44.8 Å². The van der Waals surface area contributed by atoms with E-state index in [2.05, 4.69) is 53.1 Å². The number of para-hydroxylation sites is 1. The molecule has 0 aliphatic heterocycles. The first-order chi connectivity index (χ1) is 16.9. The average Bonchev–Trinajstić information content (AvgIpc) is 3.44. The van der Waals surface area contributed by atoms with Crippen LogP contribution in [0.1, 0.15) is 0 Å². The van der Waals surface area contributed by atoms with Crippen molar-refractivity contribution < 1.29 is 0 Å². The number of aromatic nitrogens is 4. The van der Waals surface area contributed by atoms with Gasteiger partial charge in [0.1, 0.15) is 0 Å². The topological polar surface area (TPSA) is 43.6 Å². The van der Waals surface area contributed by atoms with Crippen LogP contribution >= 0.6 is 0 Å². The molecule has 7 rings (SSSR count). The summed E-state index contributed by atoms with van der Waals surface area (Å²) in [6.07, 6.45) is 0. The third kappa shape index (κ3) is 3.02. The third-order valence-electron chi connectivity index (χ3n) is 6.08. The maximum atomic E-state index is 5.01. The standard InChI is InChI=1S/C29H18N4Se/c1-3-11-19(12-4-1)26-30-27(20-13-5-2-6-14-20)32-29(31-26)33-23-17-9-7-15-21(23)25-22-16-8-10-18-24(22)34-28(25)33/h1-18H. The molecule has 160 valence electrons. The quantitative estimate of drug-likeness (QED) is 0.259. The second kappa shape index (κ2) is 7.77. The molecule has 0 fully saturated rings. The van der Waals surface area contributed by atoms with Crippen LogP contribution in [0.5, 0.6) is 0 Å². The normalized spacial score (nSPS) is 11.5. The van der Waals surface area contributed by atoms with Crippen molar-refractivity contribution in [2.24, 2.45) is 0 Å². The van der Waals surface area contributed by atoms with Gasteiger partial charge in [0, 0.05) is 0 Å². The number of nitrogens with zero attached hydrogens (tertiary/aromatic N) is 4. The molecule has 0 saturated heterocycles. The predicted molar refractivity (Wildman–Crippen MR) is 139 cm³/mol. The Morgan fingerprint density at radius 1 is 0.529 bits per heavy atom. The molecule has 0 unspecified atom stereocenters. The van der Waals surface area contributed by atoms with E-state index < -0.39 is 0 Å². The monoisotopic (exact) mass is 502 g/mol. The van der Waals surface area contributed by atoms with E-state index in [0.29, 0.717) is 17.6 Å². The Labute approximate surface area is 201 Å². The zero-order valence-corrected chi connectivity index (χ0v) is 19.8. The molecule has 5 heteroatoms. The van der Waals surface area contributed by atoms with Crippen LogP contribution in [-0.2, 0) is 0 Å². The van der Waals surface area contributed by atoms with Crippen LogP contribution in [0.3, 0.4) is 0 Å². The van der Waals surface area contributed by atoms with Crippen LogP contribution in [0.15, 0.2) is 109 Å². The van der Waals surface area contributed by atoms with Crippen molar-refractivity contribution in [3.05, 3.63) is 109 Å². The van der Waals surface area contributed by atoms with Crippen molar-refractivity contribution in [3.8, 4) is 28.7 Å². The fourth-order valence-electron chi connectivity index (χ4n) is 4.54. The molecule has 3 aromatic heterocycles. The molecule has 0 atom stereocenters. The summed E-state index contributed by atoms with van der Waals surface area (Å²) in [4.78, 5) is 14.9. The van der Waals surface area contributed by atoms with Crippen molar-refractivity contribution in [3.63, 3.8) is 0 Å². The average molecular weight is 501 g/mol. The number of fused-ring (bicyclic) bond motifs is 5. The van der Waals surface area contributed by atoms with E-state index >= 15 is 0 Å². The molecule has 3 heterocycles. The van der Waals surface area contributed by atoms with Gasteiger partial charge in [-0.05, 0) is 0 Å². The van der Waals surface area contributed by atoms with Crippen LogP contribution in [0.4, 0.5) is 0 Å². The molecule has 4 aromatic carbocycles. The zero-order valence-electron chi connectivity index (χ0n) is 18.1. The maximum absolute atomic E-state index is 5.01. The van der Waals surface area contributed by atoms with E-state index in [9.17, 15) is 0 Å². The van der Waals surface area contributed by atoms with Crippen LogP contribution in [0, 0.1) is 0 Å². The summed E-state index contributed by atoms with van der Waals surface area (Å²) in [7, 11) is 0. The van der Waals surface area contributed by atoms with E-state index in [1.807, 2.05) is 60.7 Å². The molecule has 0 bridgehead atoms. The Kier molecular flexibility index (Phi) is 4.44. The zero-order chi connectivity index (χ0) is 22.5. The molecule has 34 heavy (non-hydrogen) atoms. The van der Waals surface area contributed by atoms with Gasteiger partial charge in [-0.2, -0.15) is 0 Å². The summed E-state index contributed by atoms with van der Waals surface area (Å²) >= 11 is 0.164. The molecular formula is C29H18N4Se. The second-order valence-corrected chi connectivity index (χ2v) is 10.3. The van der Waals surface area contributed by atoms with Gasteiger partial charge in [0.2, 0.25) is 0 Å². The molecule has 0 N–H and O–H groups in total. The van der Waals surface area contributed by atoms with Crippen molar-refractivity contribution in [2.75, 3.05) is 0 Å². The SMILES string of the molecule is c1ccc(-c2nc(-c3ccccc3)nc(-n3c4ccccc4c4c5ccccc5[se]c43)n2)cc1. The summed E-state index contributed by atoms with van der Waals surface area (Å²) in [6.45, 7) is 0. The number of hydrogen-bond donors (Lipinski definition) is 0. The fraction of sp³-hybridized carbons (Fsp3) is 0. The Balaban J connectivity index is 1.59. The van der Waals surface area contributed by atoms with E-state index in [4.69, 9.17) is 15.0 Å². The van der Waals surface area contributed by atoms with Gasteiger partial charge in [-0.15, -0.1) is 0 Å². The molecule has 0 aliphatic rings. The van der Waals surface area contributed by atoms with Crippen molar-refractivity contribution in [1.82, 2.24) is 19.5 Å². The first-order valence-corrected chi connectivity index (χ1v) is 12.9. The Bertz CT molecular complexity index is 1740. The van der Waals surface area contributed by atoms with Gasteiger partial charge >= 0.3 is 202 Å². The molecule has 0 saturated carbocycles. The molecule has 4 nitrogen and oxygen atoms in total. The number of hydrogen-bond acceptors (Lipinski definition) is 3. The summed E-state index contributed by atoms with van der Waals surface area (Å²) < 4.78 is 4.95. The van der Waals surface area contributed by atoms with E-state index in [1.54, 1.807) is 0 Å². The first kappa shape index (κ1) is 19.4. The molecular weight excluding hydrogens is 483 g/mol. The Morgan fingerprint density at radius 2 is 1.09 bits per heavy atom. The summed E-state index contributed by atoms with van der Waals surface area (Å²) in [5.41, 5.74) is 3.09. The number of benzene rings is 4. The molecule has 0 amide bonds. The van der Waals surface area contributed by atoms with Gasteiger partial charge in [-0.25, -0.2) is 0 Å². The molecule has 0 radical (unpaired) electrons. The minimum absolute atomic E-state index is 0.164. The molecule has 0 aliphatic carbocycles. The van der Waals surface area contributed by atoms with Crippen LogP contribution < -0.4 is 0 Å². The van der Waals surface area contributed by atoms with Gasteiger partial charge in [-0.1, -0.05) is 0 Å². The third-order valence-corrected chi connectivity index (χ3v) is 8.51. The van der Waals surface area contributed by atoms with Gasteiger partial charge in [0.25, 0.3) is 0 Å². The predicted octanol–water partition coefficient (Wildman–Crippen LogP) is 6.51. The van der Waals surface area contributed by atoms with Crippen LogP contribution in [0.25, 0.3) is 59.1 Å². The second-order valence-electron chi connectivity index (χ2n) is 8.15. The van der Waals surface area contributed by atoms with Crippen LogP contribution in [0.2, 0.25) is 0 Å². The fourth-order valence-corrected chi connectivity index (χ4v) is 7.11. The van der Waals surface area contributed by atoms with Crippen LogP contribution in [-0.4, -0.2) is 34.0 Å². The summed E-state index contributed by atoms with van der Waals surface area (Å²) in [6, 6.07) is 37.6. The van der Waals surface area contributed by atoms with Gasteiger partial charge < -0.3 is 0 Å². The molecule has 7 aromatic rings. The van der Waals surface area contributed by atoms with Gasteiger partial charge in [0.05, 0.1) is 0 Å². The van der Waals surface area contributed by atoms with E-state index in [0.717, 1.165) is 16.6 Å². The number of rotatable bonds is 3. The summed E-state index contributed by atoms with van der Waals surface area (Å²) in [5.74, 6) is 2.03. The minimum atomic E-state index is 0.164.